The normalized spacial score (nSPS) is 12.1. The number of anilines is 1. The second-order valence-corrected chi connectivity index (χ2v) is 5.72. The molecule has 0 spiro atoms. The van der Waals surface area contributed by atoms with Crippen LogP contribution in [0.15, 0.2) is 54.7 Å². The predicted octanol–water partition coefficient (Wildman–Crippen LogP) is 4.92. The van der Waals surface area contributed by atoms with Crippen LogP contribution in [-0.2, 0) is 0 Å². The van der Waals surface area contributed by atoms with Gasteiger partial charge in [0.1, 0.15) is 5.82 Å². The Morgan fingerprint density at radius 1 is 1.14 bits per heavy atom. The van der Waals surface area contributed by atoms with Crippen molar-refractivity contribution >= 4 is 17.3 Å². The fourth-order valence-corrected chi connectivity index (χ4v) is 2.65. The molecule has 1 heterocycles. The molecule has 0 saturated carbocycles. The van der Waals surface area contributed by atoms with Crippen LogP contribution in [0.1, 0.15) is 24.2 Å². The minimum Gasteiger partial charge on any atom is -0.388 e. The summed E-state index contributed by atoms with van der Waals surface area (Å²) < 4.78 is 0. The first-order chi connectivity index (χ1) is 10.7. The Labute approximate surface area is 135 Å². The zero-order valence-electron chi connectivity index (χ0n) is 12.6. The van der Waals surface area contributed by atoms with E-state index in [4.69, 9.17) is 11.6 Å². The predicted molar refractivity (Wildman–Crippen MR) is 92.5 cm³/mol. The molecule has 2 aromatic carbocycles. The van der Waals surface area contributed by atoms with E-state index in [2.05, 4.69) is 52.5 Å². The SMILES string of the molecule is CNc1ccc(-c2cnc(C(C)c3cccc(Cl)c3)[nH]2)cc1. The van der Waals surface area contributed by atoms with Crippen LogP contribution in [0.3, 0.4) is 0 Å². The number of imidazole rings is 1. The van der Waals surface area contributed by atoms with Crippen molar-refractivity contribution in [3.8, 4) is 11.3 Å². The number of aromatic nitrogens is 2. The van der Waals surface area contributed by atoms with E-state index in [1.165, 1.54) is 0 Å². The van der Waals surface area contributed by atoms with Gasteiger partial charge in [0.15, 0.2) is 0 Å². The van der Waals surface area contributed by atoms with Gasteiger partial charge in [-0.05, 0) is 35.4 Å². The molecule has 0 aliphatic heterocycles. The Kier molecular flexibility index (Phi) is 4.16. The summed E-state index contributed by atoms with van der Waals surface area (Å²) in [6, 6.07) is 16.2. The zero-order chi connectivity index (χ0) is 15.5. The van der Waals surface area contributed by atoms with Crippen LogP contribution < -0.4 is 5.32 Å². The quantitative estimate of drug-likeness (QED) is 0.717. The largest absolute Gasteiger partial charge is 0.388 e. The second kappa shape index (κ2) is 6.24. The highest BCUT2D eigenvalue weighted by Gasteiger charge is 2.13. The topological polar surface area (TPSA) is 40.7 Å². The number of hydrogen-bond acceptors (Lipinski definition) is 2. The van der Waals surface area contributed by atoms with Crippen molar-refractivity contribution in [2.24, 2.45) is 0 Å². The third-order valence-electron chi connectivity index (χ3n) is 3.84. The lowest BCUT2D eigenvalue weighted by atomic mass is 10.0. The van der Waals surface area contributed by atoms with Gasteiger partial charge in [0.25, 0.3) is 0 Å². The molecule has 0 amide bonds. The van der Waals surface area contributed by atoms with Gasteiger partial charge in [0.05, 0.1) is 11.9 Å². The molecule has 1 unspecified atom stereocenters. The molecule has 3 aromatic rings. The highest BCUT2D eigenvalue weighted by molar-refractivity contribution is 6.30. The second-order valence-electron chi connectivity index (χ2n) is 5.29. The third-order valence-corrected chi connectivity index (χ3v) is 4.07. The maximum absolute atomic E-state index is 6.07. The molecule has 0 saturated heterocycles. The van der Waals surface area contributed by atoms with Crippen molar-refractivity contribution in [3.05, 3.63) is 71.1 Å². The maximum Gasteiger partial charge on any atom is 0.113 e. The van der Waals surface area contributed by atoms with Crippen LogP contribution in [0.5, 0.6) is 0 Å². The summed E-state index contributed by atoms with van der Waals surface area (Å²) in [5, 5.41) is 3.87. The lowest BCUT2D eigenvalue weighted by Gasteiger charge is -2.09. The number of nitrogens with one attached hydrogen (secondary N) is 2. The van der Waals surface area contributed by atoms with Crippen LogP contribution in [-0.4, -0.2) is 17.0 Å². The summed E-state index contributed by atoms with van der Waals surface area (Å²) in [6.45, 7) is 2.12. The summed E-state index contributed by atoms with van der Waals surface area (Å²) in [6.07, 6.45) is 1.88. The highest BCUT2D eigenvalue weighted by Crippen LogP contribution is 2.26. The van der Waals surface area contributed by atoms with Crippen LogP contribution >= 0.6 is 11.6 Å². The smallest absolute Gasteiger partial charge is 0.113 e. The molecule has 1 atom stereocenters. The van der Waals surface area contributed by atoms with Gasteiger partial charge in [-0.2, -0.15) is 0 Å². The van der Waals surface area contributed by atoms with Gasteiger partial charge < -0.3 is 10.3 Å². The zero-order valence-corrected chi connectivity index (χ0v) is 13.4. The molecule has 112 valence electrons. The molecule has 0 radical (unpaired) electrons. The van der Waals surface area contributed by atoms with E-state index in [1.807, 2.05) is 31.4 Å². The van der Waals surface area contributed by atoms with Crippen LogP contribution in [0, 0.1) is 0 Å². The van der Waals surface area contributed by atoms with Gasteiger partial charge in [-0.25, -0.2) is 4.98 Å². The number of rotatable bonds is 4. The average Bonchev–Trinajstić information content (AvgIpc) is 3.04. The van der Waals surface area contributed by atoms with E-state index in [0.29, 0.717) is 0 Å². The molecule has 0 fully saturated rings. The molecule has 0 aliphatic rings. The van der Waals surface area contributed by atoms with E-state index < -0.39 is 0 Å². The molecular formula is C18H18ClN3. The molecule has 1 aromatic heterocycles. The summed E-state index contributed by atoms with van der Waals surface area (Å²) in [5.74, 6) is 1.11. The van der Waals surface area contributed by atoms with Crippen molar-refractivity contribution in [1.29, 1.82) is 0 Å². The van der Waals surface area contributed by atoms with Crippen molar-refractivity contribution in [1.82, 2.24) is 9.97 Å². The molecule has 0 aliphatic carbocycles. The molecular weight excluding hydrogens is 294 g/mol. The van der Waals surface area contributed by atoms with Gasteiger partial charge in [-0.15, -0.1) is 0 Å². The van der Waals surface area contributed by atoms with E-state index in [1.54, 1.807) is 0 Å². The Hall–Kier alpha value is -2.26. The fourth-order valence-electron chi connectivity index (χ4n) is 2.45. The minimum atomic E-state index is 0.170. The van der Waals surface area contributed by atoms with Gasteiger partial charge in [-0.3, -0.25) is 0 Å². The Morgan fingerprint density at radius 3 is 2.59 bits per heavy atom. The van der Waals surface area contributed by atoms with E-state index in [9.17, 15) is 0 Å². The van der Waals surface area contributed by atoms with Gasteiger partial charge in [0, 0.05) is 23.7 Å². The molecule has 22 heavy (non-hydrogen) atoms. The fraction of sp³-hybridized carbons (Fsp3) is 0.167. The van der Waals surface area contributed by atoms with E-state index in [-0.39, 0.29) is 5.92 Å². The lowest BCUT2D eigenvalue weighted by molar-refractivity contribution is 0.841. The van der Waals surface area contributed by atoms with Crippen molar-refractivity contribution < 1.29 is 0 Å². The van der Waals surface area contributed by atoms with Gasteiger partial charge >= 0.3 is 0 Å². The van der Waals surface area contributed by atoms with Crippen LogP contribution in [0.25, 0.3) is 11.3 Å². The molecule has 3 rings (SSSR count). The van der Waals surface area contributed by atoms with Crippen LogP contribution in [0.4, 0.5) is 5.69 Å². The van der Waals surface area contributed by atoms with E-state index in [0.717, 1.165) is 33.4 Å². The minimum absolute atomic E-state index is 0.170. The van der Waals surface area contributed by atoms with Crippen molar-refractivity contribution in [2.75, 3.05) is 12.4 Å². The third kappa shape index (κ3) is 3.00. The number of aromatic amines is 1. The highest BCUT2D eigenvalue weighted by atomic mass is 35.5. The Balaban J connectivity index is 1.86. The van der Waals surface area contributed by atoms with Gasteiger partial charge in [0.2, 0.25) is 0 Å². The summed E-state index contributed by atoms with van der Waals surface area (Å²) in [5.41, 5.74) is 4.39. The first-order valence-electron chi connectivity index (χ1n) is 7.26. The monoisotopic (exact) mass is 311 g/mol. The number of nitrogens with zero attached hydrogens (tertiary/aromatic N) is 1. The number of H-pyrrole nitrogens is 1. The number of benzene rings is 2. The number of hydrogen-bond donors (Lipinski definition) is 2. The Morgan fingerprint density at radius 2 is 1.91 bits per heavy atom. The summed E-state index contributed by atoms with van der Waals surface area (Å²) in [7, 11) is 1.91. The van der Waals surface area contributed by atoms with Gasteiger partial charge in [-0.1, -0.05) is 42.8 Å². The molecule has 4 heteroatoms. The lowest BCUT2D eigenvalue weighted by Crippen LogP contribution is -1.98. The van der Waals surface area contributed by atoms with Crippen molar-refractivity contribution in [2.45, 2.75) is 12.8 Å². The van der Waals surface area contributed by atoms with Crippen molar-refractivity contribution in [3.63, 3.8) is 0 Å². The molecule has 3 nitrogen and oxygen atoms in total. The van der Waals surface area contributed by atoms with E-state index >= 15 is 0 Å². The maximum atomic E-state index is 6.07. The summed E-state index contributed by atoms with van der Waals surface area (Å²) >= 11 is 6.07. The molecule has 2 N–H and O–H groups in total. The Bertz CT molecular complexity index is 762. The average molecular weight is 312 g/mol. The summed E-state index contributed by atoms with van der Waals surface area (Å²) in [4.78, 5) is 7.94. The standard InChI is InChI=1S/C18H18ClN3/c1-12(14-4-3-5-15(19)10-14)18-21-11-17(22-18)13-6-8-16(20-2)9-7-13/h3-12,20H,1-2H3,(H,21,22). The van der Waals surface area contributed by atoms with Crippen LogP contribution in [0.2, 0.25) is 5.02 Å². The molecule has 0 bridgehead atoms. The number of halogens is 1. The first-order valence-corrected chi connectivity index (χ1v) is 7.63. The first kappa shape index (κ1) is 14.7.